The van der Waals surface area contributed by atoms with E-state index >= 15 is 0 Å². The van der Waals surface area contributed by atoms with E-state index in [1.165, 1.54) is 0 Å². The summed E-state index contributed by atoms with van der Waals surface area (Å²) >= 11 is 0. The van der Waals surface area contributed by atoms with E-state index < -0.39 is 5.41 Å². The fraction of sp³-hybridized carbons (Fsp3) is 1.00. The van der Waals surface area contributed by atoms with Gasteiger partial charge in [0, 0.05) is 6.61 Å². The molecule has 0 amide bonds. The van der Waals surface area contributed by atoms with E-state index in [2.05, 4.69) is 9.24 Å². The maximum absolute atomic E-state index is 13.2. The first-order chi connectivity index (χ1) is 4.97. The van der Waals surface area contributed by atoms with Crippen LogP contribution < -0.4 is 0 Å². The molecule has 0 radical (unpaired) electrons. The maximum Gasteiger partial charge on any atom is 0.123 e. The Morgan fingerprint density at radius 2 is 1.82 bits per heavy atom. The molecule has 1 rings (SSSR count). The van der Waals surface area contributed by atoms with Crippen LogP contribution in [0.4, 0.5) is 4.39 Å². The van der Waals surface area contributed by atoms with Gasteiger partial charge in [0.05, 0.1) is 0 Å². The van der Waals surface area contributed by atoms with Gasteiger partial charge in [-0.3, -0.25) is 0 Å². The van der Waals surface area contributed by atoms with E-state index in [9.17, 15) is 4.39 Å². The quantitative estimate of drug-likeness (QED) is 0.609. The summed E-state index contributed by atoms with van der Waals surface area (Å²) in [7, 11) is 2.26. The minimum Gasteiger partial charge on any atom is -0.396 e. The number of alkyl halides is 1. The second-order valence-corrected chi connectivity index (χ2v) is 5.04. The fourth-order valence-electron chi connectivity index (χ4n) is 1.43. The predicted molar refractivity (Wildman–Crippen MR) is 47.2 cm³/mol. The van der Waals surface area contributed by atoms with Crippen molar-refractivity contribution in [2.45, 2.75) is 38.0 Å². The van der Waals surface area contributed by atoms with Crippen molar-refractivity contribution >= 4 is 9.24 Å². The van der Waals surface area contributed by atoms with Crippen LogP contribution in [0.1, 0.15) is 32.6 Å². The molecule has 1 unspecified atom stereocenters. The first kappa shape index (κ1) is 9.41. The first-order valence-electron chi connectivity index (χ1n) is 4.06. The van der Waals surface area contributed by atoms with Crippen LogP contribution >= 0.6 is 9.24 Å². The molecule has 1 aliphatic rings. The van der Waals surface area contributed by atoms with Gasteiger partial charge in [-0.25, -0.2) is 4.39 Å². The van der Waals surface area contributed by atoms with Crippen molar-refractivity contribution in [3.63, 3.8) is 0 Å². The Balaban J connectivity index is 2.48. The van der Waals surface area contributed by atoms with Crippen molar-refractivity contribution in [3.8, 4) is 0 Å². The van der Waals surface area contributed by atoms with Crippen molar-refractivity contribution in [2.75, 3.05) is 6.61 Å². The number of aliphatic hydroxyl groups is 1. The summed E-state index contributed by atoms with van der Waals surface area (Å²) in [5.41, 5.74) is -0.0217. The zero-order chi connectivity index (χ0) is 8.54. The largest absolute Gasteiger partial charge is 0.396 e. The third-order valence-corrected chi connectivity index (χ3v) is 3.25. The molecule has 1 N–H and O–H groups in total. The molecule has 0 spiro atoms. The SMILES string of the molecule is CC1(CO)CCC(F)(P)CC1. The molecule has 0 aliphatic heterocycles. The summed E-state index contributed by atoms with van der Waals surface area (Å²) in [6.45, 7) is 2.21. The van der Waals surface area contributed by atoms with E-state index in [0.29, 0.717) is 12.8 Å². The summed E-state index contributed by atoms with van der Waals surface area (Å²) in [4.78, 5) is 0. The number of halogens is 1. The van der Waals surface area contributed by atoms with Crippen LogP contribution in [0.25, 0.3) is 0 Å². The maximum atomic E-state index is 13.2. The Morgan fingerprint density at radius 3 is 2.18 bits per heavy atom. The molecule has 11 heavy (non-hydrogen) atoms. The van der Waals surface area contributed by atoms with E-state index in [1.807, 2.05) is 6.92 Å². The van der Waals surface area contributed by atoms with Gasteiger partial charge in [-0.05, 0) is 31.1 Å². The topological polar surface area (TPSA) is 20.2 Å². The Hall–Kier alpha value is 0.320. The Kier molecular flexibility index (Phi) is 2.56. The molecule has 0 aromatic rings. The molecule has 1 fully saturated rings. The predicted octanol–water partition coefficient (Wildman–Crippen LogP) is 2.10. The van der Waals surface area contributed by atoms with Crippen LogP contribution in [0.3, 0.4) is 0 Å². The van der Waals surface area contributed by atoms with Gasteiger partial charge in [-0.2, -0.15) is 0 Å². The van der Waals surface area contributed by atoms with Crippen LogP contribution in [-0.2, 0) is 0 Å². The van der Waals surface area contributed by atoms with E-state index in [4.69, 9.17) is 5.11 Å². The van der Waals surface area contributed by atoms with Crippen molar-refractivity contribution in [2.24, 2.45) is 5.41 Å². The number of hydrogen-bond donors (Lipinski definition) is 1. The highest BCUT2D eigenvalue weighted by Crippen LogP contribution is 2.45. The normalized spacial score (nSPS) is 45.8. The number of hydrogen-bond acceptors (Lipinski definition) is 1. The second kappa shape index (κ2) is 2.99. The van der Waals surface area contributed by atoms with Crippen molar-refractivity contribution in [1.29, 1.82) is 0 Å². The van der Waals surface area contributed by atoms with Gasteiger partial charge >= 0.3 is 0 Å². The van der Waals surface area contributed by atoms with Crippen molar-refractivity contribution in [3.05, 3.63) is 0 Å². The Bertz CT molecular complexity index is 137. The molecule has 1 nitrogen and oxygen atoms in total. The van der Waals surface area contributed by atoms with Gasteiger partial charge in [-0.15, -0.1) is 0 Å². The van der Waals surface area contributed by atoms with Crippen LogP contribution in [0.15, 0.2) is 0 Å². The van der Waals surface area contributed by atoms with Gasteiger partial charge in [0.2, 0.25) is 0 Å². The molecule has 3 heteroatoms. The summed E-state index contributed by atoms with van der Waals surface area (Å²) in [6, 6.07) is 0. The zero-order valence-electron chi connectivity index (χ0n) is 6.94. The van der Waals surface area contributed by atoms with Crippen molar-refractivity contribution in [1.82, 2.24) is 0 Å². The molecule has 1 atom stereocenters. The molecule has 1 aliphatic carbocycles. The van der Waals surface area contributed by atoms with Gasteiger partial charge in [0.25, 0.3) is 0 Å². The fourth-order valence-corrected chi connectivity index (χ4v) is 1.72. The molecule has 0 aromatic heterocycles. The number of aliphatic hydroxyl groups excluding tert-OH is 1. The molecule has 66 valence electrons. The molecule has 0 saturated heterocycles. The average molecular weight is 178 g/mol. The van der Waals surface area contributed by atoms with E-state index in [1.54, 1.807) is 0 Å². The van der Waals surface area contributed by atoms with Crippen LogP contribution in [-0.4, -0.2) is 17.1 Å². The van der Waals surface area contributed by atoms with Crippen LogP contribution in [0.2, 0.25) is 0 Å². The molecule has 0 aromatic carbocycles. The lowest BCUT2D eigenvalue weighted by Gasteiger charge is -2.37. The third-order valence-electron chi connectivity index (χ3n) is 2.67. The summed E-state index contributed by atoms with van der Waals surface area (Å²) in [5.74, 6) is 0. The highest BCUT2D eigenvalue weighted by atomic mass is 31.0. The molecular weight excluding hydrogens is 162 g/mol. The van der Waals surface area contributed by atoms with Gasteiger partial charge in [0.15, 0.2) is 0 Å². The summed E-state index contributed by atoms with van der Waals surface area (Å²) in [6.07, 6.45) is 2.72. The van der Waals surface area contributed by atoms with Gasteiger partial charge in [0.1, 0.15) is 5.41 Å². The lowest BCUT2D eigenvalue weighted by molar-refractivity contribution is 0.0574. The second-order valence-electron chi connectivity index (χ2n) is 4.00. The first-order valence-corrected chi connectivity index (χ1v) is 4.64. The van der Waals surface area contributed by atoms with Gasteiger partial charge < -0.3 is 5.11 Å². The average Bonchev–Trinajstić information content (AvgIpc) is 1.97. The number of rotatable bonds is 1. The minimum atomic E-state index is -1.06. The van der Waals surface area contributed by atoms with Gasteiger partial charge in [-0.1, -0.05) is 16.2 Å². The smallest absolute Gasteiger partial charge is 0.123 e. The lowest BCUT2D eigenvalue weighted by Crippen LogP contribution is -2.32. The third kappa shape index (κ3) is 2.38. The zero-order valence-corrected chi connectivity index (χ0v) is 8.09. The molecule has 1 saturated carbocycles. The summed E-state index contributed by atoms with van der Waals surface area (Å²) < 4.78 is 13.2. The Labute approximate surface area is 69.6 Å². The van der Waals surface area contributed by atoms with Crippen LogP contribution in [0, 0.1) is 5.41 Å². The van der Waals surface area contributed by atoms with Crippen molar-refractivity contribution < 1.29 is 9.50 Å². The standard InChI is InChI=1S/C8H16FOP/c1-7(6-10)2-4-8(9,11)5-3-7/h10H,2-6,11H2,1H3. The van der Waals surface area contributed by atoms with E-state index in [0.717, 1.165) is 12.8 Å². The highest BCUT2D eigenvalue weighted by molar-refractivity contribution is 7.18. The van der Waals surface area contributed by atoms with E-state index in [-0.39, 0.29) is 12.0 Å². The monoisotopic (exact) mass is 178 g/mol. The highest BCUT2D eigenvalue weighted by Gasteiger charge is 2.36. The lowest BCUT2D eigenvalue weighted by atomic mass is 9.75. The molecule has 0 heterocycles. The molecule has 0 bridgehead atoms. The van der Waals surface area contributed by atoms with Crippen LogP contribution in [0.5, 0.6) is 0 Å². The Morgan fingerprint density at radius 1 is 1.36 bits per heavy atom. The molecular formula is C8H16FOP. The minimum absolute atomic E-state index is 0.0217. The summed E-state index contributed by atoms with van der Waals surface area (Å²) in [5, 5.41) is 7.93.